The second kappa shape index (κ2) is 10.2. The van der Waals surface area contributed by atoms with Crippen molar-refractivity contribution in [2.45, 2.75) is 52.2 Å². The standard InChI is InChI=1S/C20H29N7O4/c1-3-18(28)27(16-7-5-15(6-8-16)21-19(29)30)17-9-11-24(12-10-17)13-14-26-20(31)25(4-2)22-23-26/h5-8,17,21H,3-4,9-14H2,1-2H3,(H,29,30). The number of nitrogens with one attached hydrogen (secondary N) is 1. The van der Waals surface area contributed by atoms with Crippen LogP contribution in [-0.4, -0.2) is 67.5 Å². The summed E-state index contributed by atoms with van der Waals surface area (Å²) in [4.78, 5) is 39.6. The zero-order chi connectivity index (χ0) is 22.4. The van der Waals surface area contributed by atoms with Crippen molar-refractivity contribution in [2.75, 3.05) is 29.9 Å². The van der Waals surface area contributed by atoms with Gasteiger partial charge in [0.25, 0.3) is 0 Å². The molecular weight excluding hydrogens is 402 g/mol. The number of rotatable bonds is 8. The van der Waals surface area contributed by atoms with Gasteiger partial charge in [-0.3, -0.25) is 10.1 Å². The number of aromatic nitrogens is 4. The molecule has 0 saturated carbocycles. The van der Waals surface area contributed by atoms with Crippen molar-refractivity contribution in [2.24, 2.45) is 0 Å². The molecule has 2 amide bonds. The predicted octanol–water partition coefficient (Wildman–Crippen LogP) is 1.46. The molecule has 2 aromatic rings. The Morgan fingerprint density at radius 1 is 1.10 bits per heavy atom. The van der Waals surface area contributed by atoms with E-state index in [1.54, 1.807) is 24.3 Å². The molecule has 1 aromatic heterocycles. The van der Waals surface area contributed by atoms with Crippen molar-refractivity contribution in [3.05, 3.63) is 34.7 Å². The molecule has 1 aromatic carbocycles. The van der Waals surface area contributed by atoms with Gasteiger partial charge in [-0.25, -0.2) is 9.59 Å². The van der Waals surface area contributed by atoms with Crippen molar-refractivity contribution in [1.29, 1.82) is 0 Å². The topological polar surface area (TPSA) is 126 Å². The maximum absolute atomic E-state index is 12.7. The van der Waals surface area contributed by atoms with Gasteiger partial charge in [0, 0.05) is 50.0 Å². The minimum Gasteiger partial charge on any atom is -0.465 e. The van der Waals surface area contributed by atoms with Crippen LogP contribution in [0.2, 0.25) is 0 Å². The Morgan fingerprint density at radius 3 is 2.29 bits per heavy atom. The summed E-state index contributed by atoms with van der Waals surface area (Å²) in [6.45, 7) is 7.00. The van der Waals surface area contributed by atoms with Crippen LogP contribution in [0.4, 0.5) is 16.2 Å². The number of carbonyl (C=O) groups is 2. The summed E-state index contributed by atoms with van der Waals surface area (Å²) in [6, 6.07) is 6.94. The first-order chi connectivity index (χ1) is 14.9. The number of benzene rings is 1. The SMILES string of the molecule is CCC(=O)N(c1ccc(NC(=O)O)cc1)C1CCN(CCn2nnn(CC)c2=O)CC1. The maximum Gasteiger partial charge on any atom is 0.409 e. The Bertz CT molecular complexity index is 945. The molecule has 0 atom stereocenters. The molecule has 1 fully saturated rings. The third kappa shape index (κ3) is 5.48. The summed E-state index contributed by atoms with van der Waals surface area (Å²) in [5.41, 5.74) is 1.03. The van der Waals surface area contributed by atoms with Gasteiger partial charge in [-0.2, -0.15) is 9.36 Å². The van der Waals surface area contributed by atoms with E-state index in [2.05, 4.69) is 20.6 Å². The van der Waals surface area contributed by atoms with Gasteiger partial charge in [-0.15, -0.1) is 0 Å². The van der Waals surface area contributed by atoms with Crippen LogP contribution in [0, 0.1) is 0 Å². The van der Waals surface area contributed by atoms with E-state index in [-0.39, 0.29) is 17.6 Å². The summed E-state index contributed by atoms with van der Waals surface area (Å²) in [6.07, 6.45) is 0.904. The molecule has 0 bridgehead atoms. The molecule has 0 spiro atoms. The smallest absolute Gasteiger partial charge is 0.409 e. The fourth-order valence-electron chi connectivity index (χ4n) is 3.84. The molecule has 3 rings (SSSR count). The minimum atomic E-state index is -1.12. The minimum absolute atomic E-state index is 0.0418. The lowest BCUT2D eigenvalue weighted by Gasteiger charge is -2.38. The van der Waals surface area contributed by atoms with E-state index in [1.807, 2.05) is 18.7 Å². The molecular formula is C20H29N7O4. The number of carbonyl (C=O) groups excluding carboxylic acids is 1. The van der Waals surface area contributed by atoms with Crippen LogP contribution in [0.5, 0.6) is 0 Å². The molecule has 0 unspecified atom stereocenters. The molecule has 11 nitrogen and oxygen atoms in total. The van der Waals surface area contributed by atoms with Gasteiger partial charge in [-0.1, -0.05) is 6.92 Å². The van der Waals surface area contributed by atoms with Crippen LogP contribution in [0.15, 0.2) is 29.1 Å². The maximum atomic E-state index is 12.7. The van der Waals surface area contributed by atoms with E-state index in [9.17, 15) is 14.4 Å². The van der Waals surface area contributed by atoms with Crippen molar-refractivity contribution >= 4 is 23.4 Å². The lowest BCUT2D eigenvalue weighted by atomic mass is 10.0. The summed E-state index contributed by atoms with van der Waals surface area (Å²) < 4.78 is 2.72. The molecule has 0 aliphatic carbocycles. The number of nitrogens with zero attached hydrogens (tertiary/aromatic N) is 6. The Balaban J connectivity index is 1.60. The van der Waals surface area contributed by atoms with Crippen molar-refractivity contribution in [3.8, 4) is 0 Å². The Labute approximate surface area is 180 Å². The van der Waals surface area contributed by atoms with Gasteiger partial charge in [-0.05, 0) is 54.5 Å². The summed E-state index contributed by atoms with van der Waals surface area (Å²) in [5, 5.41) is 18.9. The van der Waals surface area contributed by atoms with Crippen LogP contribution < -0.4 is 15.9 Å². The number of likely N-dealkylation sites (tertiary alicyclic amines) is 1. The number of carboxylic acid groups (broad SMARTS) is 1. The first-order valence-corrected chi connectivity index (χ1v) is 10.6. The summed E-state index contributed by atoms with van der Waals surface area (Å²) >= 11 is 0. The lowest BCUT2D eigenvalue weighted by molar-refractivity contribution is -0.119. The fourth-order valence-corrected chi connectivity index (χ4v) is 3.84. The second-order valence-corrected chi connectivity index (χ2v) is 7.47. The van der Waals surface area contributed by atoms with Crippen molar-refractivity contribution in [1.82, 2.24) is 24.7 Å². The number of piperidine rings is 1. The molecule has 0 radical (unpaired) electrons. The zero-order valence-corrected chi connectivity index (χ0v) is 17.9. The zero-order valence-electron chi connectivity index (χ0n) is 17.9. The third-order valence-electron chi connectivity index (χ3n) is 5.52. The van der Waals surface area contributed by atoms with Gasteiger partial charge >= 0.3 is 11.8 Å². The van der Waals surface area contributed by atoms with Gasteiger partial charge < -0.3 is 14.9 Å². The number of hydrogen-bond acceptors (Lipinski definition) is 6. The van der Waals surface area contributed by atoms with Crippen LogP contribution in [0.25, 0.3) is 0 Å². The van der Waals surface area contributed by atoms with Crippen LogP contribution >= 0.6 is 0 Å². The molecule has 1 saturated heterocycles. The number of anilines is 2. The van der Waals surface area contributed by atoms with Gasteiger partial charge in [0.05, 0.1) is 6.54 Å². The normalized spacial score (nSPS) is 15.0. The number of amides is 2. The van der Waals surface area contributed by atoms with Crippen LogP contribution in [0.3, 0.4) is 0 Å². The number of hydrogen-bond donors (Lipinski definition) is 2. The number of tetrazole rings is 1. The first kappa shape index (κ1) is 22.5. The lowest BCUT2D eigenvalue weighted by Crippen LogP contribution is -2.48. The van der Waals surface area contributed by atoms with Crippen LogP contribution in [-0.2, 0) is 17.9 Å². The molecule has 11 heteroatoms. The van der Waals surface area contributed by atoms with E-state index in [0.717, 1.165) is 31.6 Å². The van der Waals surface area contributed by atoms with E-state index in [0.29, 0.717) is 31.7 Å². The van der Waals surface area contributed by atoms with E-state index in [4.69, 9.17) is 5.11 Å². The fraction of sp³-hybridized carbons (Fsp3) is 0.550. The van der Waals surface area contributed by atoms with Gasteiger partial charge in [0.15, 0.2) is 0 Å². The van der Waals surface area contributed by atoms with Crippen LogP contribution in [0.1, 0.15) is 33.1 Å². The monoisotopic (exact) mass is 431 g/mol. The highest BCUT2D eigenvalue weighted by Crippen LogP contribution is 2.26. The highest BCUT2D eigenvalue weighted by molar-refractivity contribution is 5.94. The van der Waals surface area contributed by atoms with E-state index in [1.165, 1.54) is 9.36 Å². The van der Waals surface area contributed by atoms with Crippen molar-refractivity contribution in [3.63, 3.8) is 0 Å². The molecule has 1 aliphatic rings. The quantitative estimate of drug-likeness (QED) is 0.648. The summed E-state index contributed by atoms with van der Waals surface area (Å²) in [5.74, 6) is 0.0418. The second-order valence-electron chi connectivity index (χ2n) is 7.47. The molecule has 2 N–H and O–H groups in total. The Kier molecular flexibility index (Phi) is 7.40. The van der Waals surface area contributed by atoms with Gasteiger partial charge in [0.2, 0.25) is 5.91 Å². The average Bonchev–Trinajstić information content (AvgIpc) is 3.13. The van der Waals surface area contributed by atoms with E-state index >= 15 is 0 Å². The predicted molar refractivity (Wildman–Crippen MR) is 115 cm³/mol. The largest absolute Gasteiger partial charge is 0.465 e. The van der Waals surface area contributed by atoms with E-state index < -0.39 is 6.09 Å². The highest BCUT2D eigenvalue weighted by atomic mass is 16.4. The van der Waals surface area contributed by atoms with Gasteiger partial charge in [0.1, 0.15) is 0 Å². The molecule has 2 heterocycles. The number of aryl methyl sites for hydroxylation is 1. The molecule has 168 valence electrons. The summed E-state index contributed by atoms with van der Waals surface area (Å²) in [7, 11) is 0. The van der Waals surface area contributed by atoms with Crippen molar-refractivity contribution < 1.29 is 14.7 Å². The molecule has 1 aliphatic heterocycles. The average molecular weight is 431 g/mol. The first-order valence-electron chi connectivity index (χ1n) is 10.6. The Morgan fingerprint density at radius 2 is 1.74 bits per heavy atom. The molecule has 31 heavy (non-hydrogen) atoms. The highest BCUT2D eigenvalue weighted by Gasteiger charge is 2.28. The Hall–Kier alpha value is -3.21. The third-order valence-corrected chi connectivity index (χ3v) is 5.52.